The summed E-state index contributed by atoms with van der Waals surface area (Å²) < 4.78 is 0. The minimum Gasteiger partial charge on any atom is -0.364 e. The molecule has 0 aromatic carbocycles. The molecule has 0 spiro atoms. The van der Waals surface area contributed by atoms with Crippen molar-refractivity contribution in [2.45, 2.75) is 38.8 Å². The molecular weight excluding hydrogens is 290 g/mol. The highest BCUT2D eigenvalue weighted by Crippen LogP contribution is 2.33. The molecular formula is C17H21N5O. The Kier molecular flexibility index (Phi) is 4.23. The molecule has 1 aliphatic heterocycles. The number of aryl methyl sites for hydroxylation is 2. The number of rotatable bonds is 4. The van der Waals surface area contributed by atoms with Gasteiger partial charge in [0.05, 0.1) is 12.1 Å². The molecule has 6 nitrogen and oxygen atoms in total. The first kappa shape index (κ1) is 15.4. The number of carbonyl (C=O) groups is 1. The topological polar surface area (TPSA) is 71.0 Å². The van der Waals surface area contributed by atoms with Crippen LogP contribution in [0.15, 0.2) is 30.6 Å². The van der Waals surface area contributed by atoms with Gasteiger partial charge in [-0.3, -0.25) is 9.78 Å². The van der Waals surface area contributed by atoms with Crippen molar-refractivity contribution in [2.24, 2.45) is 0 Å². The van der Waals surface area contributed by atoms with Crippen LogP contribution in [0.2, 0.25) is 0 Å². The largest absolute Gasteiger partial charge is 0.364 e. The maximum Gasteiger partial charge on any atom is 0.225 e. The van der Waals surface area contributed by atoms with Crippen LogP contribution < -0.4 is 5.32 Å². The molecule has 1 saturated heterocycles. The third-order valence-electron chi connectivity index (χ3n) is 4.16. The molecule has 0 unspecified atom stereocenters. The van der Waals surface area contributed by atoms with E-state index in [0.717, 1.165) is 29.3 Å². The molecule has 2 aromatic rings. The van der Waals surface area contributed by atoms with E-state index in [2.05, 4.69) is 20.3 Å². The number of hydrogen-bond acceptors (Lipinski definition) is 5. The summed E-state index contributed by atoms with van der Waals surface area (Å²) in [4.78, 5) is 27.1. The van der Waals surface area contributed by atoms with Gasteiger partial charge in [0, 0.05) is 44.0 Å². The van der Waals surface area contributed by atoms with Crippen molar-refractivity contribution >= 4 is 11.7 Å². The van der Waals surface area contributed by atoms with Crippen molar-refractivity contribution in [2.75, 3.05) is 12.4 Å². The van der Waals surface area contributed by atoms with Crippen LogP contribution in [-0.4, -0.2) is 38.8 Å². The standard InChI is InChI=1S/C17H21N5O/c1-4-14-19-11(2)8-15(21-14)20-13-9-16(23)22(3)17(13)12-6-5-7-18-10-12/h5-8,10,13,17H,4,9H2,1-3H3,(H,19,20,21)/t13-,17+/m1/s1. The fourth-order valence-electron chi connectivity index (χ4n) is 3.06. The highest BCUT2D eigenvalue weighted by atomic mass is 16.2. The number of anilines is 1. The SMILES string of the molecule is CCc1nc(C)cc(N[C@@H]2CC(=O)N(C)[C@H]2c2cccnc2)n1. The van der Waals surface area contributed by atoms with Crippen LogP contribution in [0.3, 0.4) is 0 Å². The second-order valence-electron chi connectivity index (χ2n) is 5.86. The number of amides is 1. The van der Waals surface area contributed by atoms with E-state index in [1.54, 1.807) is 11.1 Å². The molecule has 1 fully saturated rings. The van der Waals surface area contributed by atoms with Crippen molar-refractivity contribution < 1.29 is 4.79 Å². The Morgan fingerprint density at radius 2 is 2.22 bits per heavy atom. The van der Waals surface area contributed by atoms with Gasteiger partial charge in [-0.25, -0.2) is 9.97 Å². The van der Waals surface area contributed by atoms with Gasteiger partial charge in [-0.15, -0.1) is 0 Å². The summed E-state index contributed by atoms with van der Waals surface area (Å²) in [5, 5.41) is 3.42. The van der Waals surface area contributed by atoms with Crippen molar-refractivity contribution in [3.05, 3.63) is 47.7 Å². The van der Waals surface area contributed by atoms with E-state index < -0.39 is 0 Å². The van der Waals surface area contributed by atoms with Crippen molar-refractivity contribution in [1.82, 2.24) is 19.9 Å². The summed E-state index contributed by atoms with van der Waals surface area (Å²) in [6.07, 6.45) is 4.79. The third kappa shape index (κ3) is 3.16. The Morgan fingerprint density at radius 1 is 1.39 bits per heavy atom. The van der Waals surface area contributed by atoms with Crippen LogP contribution in [0.25, 0.3) is 0 Å². The van der Waals surface area contributed by atoms with E-state index >= 15 is 0 Å². The van der Waals surface area contributed by atoms with Gasteiger partial charge in [0.1, 0.15) is 11.6 Å². The molecule has 120 valence electrons. The van der Waals surface area contributed by atoms with E-state index in [1.807, 2.05) is 45.3 Å². The summed E-state index contributed by atoms with van der Waals surface area (Å²) in [5.41, 5.74) is 1.95. The third-order valence-corrected chi connectivity index (χ3v) is 4.16. The van der Waals surface area contributed by atoms with Gasteiger partial charge < -0.3 is 10.2 Å². The quantitative estimate of drug-likeness (QED) is 0.936. The predicted molar refractivity (Wildman–Crippen MR) is 87.9 cm³/mol. The molecule has 1 amide bonds. The Labute approximate surface area is 136 Å². The Morgan fingerprint density at radius 3 is 2.91 bits per heavy atom. The Hall–Kier alpha value is -2.50. The lowest BCUT2D eigenvalue weighted by atomic mass is 10.0. The van der Waals surface area contributed by atoms with Crippen molar-refractivity contribution in [1.29, 1.82) is 0 Å². The molecule has 2 aromatic heterocycles. The first-order chi connectivity index (χ1) is 11.1. The molecule has 3 heterocycles. The molecule has 0 saturated carbocycles. The molecule has 2 atom stereocenters. The lowest BCUT2D eigenvalue weighted by Crippen LogP contribution is -2.30. The number of nitrogens with zero attached hydrogens (tertiary/aromatic N) is 4. The Balaban J connectivity index is 1.89. The first-order valence-corrected chi connectivity index (χ1v) is 7.85. The van der Waals surface area contributed by atoms with E-state index in [9.17, 15) is 4.79 Å². The van der Waals surface area contributed by atoms with Crippen molar-refractivity contribution in [3.63, 3.8) is 0 Å². The van der Waals surface area contributed by atoms with Gasteiger partial charge in [0.2, 0.25) is 5.91 Å². The van der Waals surface area contributed by atoms with Gasteiger partial charge in [-0.05, 0) is 18.6 Å². The van der Waals surface area contributed by atoms with Crippen LogP contribution in [0.1, 0.15) is 36.5 Å². The summed E-state index contributed by atoms with van der Waals surface area (Å²) in [6.45, 7) is 3.99. The minimum atomic E-state index is -0.0449. The second-order valence-corrected chi connectivity index (χ2v) is 5.86. The average Bonchev–Trinajstić information content (AvgIpc) is 2.82. The second kappa shape index (κ2) is 6.32. The summed E-state index contributed by atoms with van der Waals surface area (Å²) in [7, 11) is 1.84. The van der Waals surface area contributed by atoms with Crippen molar-refractivity contribution in [3.8, 4) is 0 Å². The highest BCUT2D eigenvalue weighted by Gasteiger charge is 2.38. The monoisotopic (exact) mass is 311 g/mol. The smallest absolute Gasteiger partial charge is 0.225 e. The summed E-state index contributed by atoms with van der Waals surface area (Å²) in [5.74, 6) is 1.71. The number of carbonyl (C=O) groups excluding carboxylic acids is 1. The number of hydrogen-bond donors (Lipinski definition) is 1. The zero-order valence-corrected chi connectivity index (χ0v) is 13.7. The van der Waals surface area contributed by atoms with Gasteiger partial charge in [0.15, 0.2) is 0 Å². The molecule has 0 bridgehead atoms. The maximum absolute atomic E-state index is 12.2. The average molecular weight is 311 g/mol. The lowest BCUT2D eigenvalue weighted by molar-refractivity contribution is -0.127. The number of aromatic nitrogens is 3. The van der Waals surface area contributed by atoms with Crippen LogP contribution >= 0.6 is 0 Å². The maximum atomic E-state index is 12.2. The number of likely N-dealkylation sites (tertiary alicyclic amines) is 1. The summed E-state index contributed by atoms with van der Waals surface area (Å²) >= 11 is 0. The fourth-order valence-corrected chi connectivity index (χ4v) is 3.06. The van der Waals surface area contributed by atoms with E-state index in [-0.39, 0.29) is 18.0 Å². The van der Waals surface area contributed by atoms with Gasteiger partial charge in [-0.1, -0.05) is 13.0 Å². The normalized spacial score (nSPS) is 20.8. The zero-order valence-electron chi connectivity index (χ0n) is 13.7. The first-order valence-electron chi connectivity index (χ1n) is 7.85. The van der Waals surface area contributed by atoms with Crippen LogP contribution in [0.4, 0.5) is 5.82 Å². The molecule has 0 radical (unpaired) electrons. The van der Waals surface area contributed by atoms with E-state index in [1.165, 1.54) is 0 Å². The van der Waals surface area contributed by atoms with Crippen LogP contribution in [-0.2, 0) is 11.2 Å². The van der Waals surface area contributed by atoms with E-state index in [0.29, 0.717) is 6.42 Å². The Bertz CT molecular complexity index is 703. The fraction of sp³-hybridized carbons (Fsp3) is 0.412. The van der Waals surface area contributed by atoms with Gasteiger partial charge in [0.25, 0.3) is 0 Å². The molecule has 3 rings (SSSR count). The van der Waals surface area contributed by atoms with Gasteiger partial charge in [-0.2, -0.15) is 0 Å². The summed E-state index contributed by atoms with van der Waals surface area (Å²) in [6, 6.07) is 5.74. The predicted octanol–water partition coefficient (Wildman–Crippen LogP) is 2.13. The molecule has 6 heteroatoms. The molecule has 1 N–H and O–H groups in total. The molecule has 1 aliphatic rings. The number of pyridine rings is 1. The molecule has 0 aliphatic carbocycles. The number of nitrogens with one attached hydrogen (secondary N) is 1. The zero-order chi connectivity index (χ0) is 16.4. The molecule has 23 heavy (non-hydrogen) atoms. The minimum absolute atomic E-state index is 0.0318. The number of likely N-dealkylation sites (N-methyl/N-ethyl adjacent to an activating group) is 1. The van der Waals surface area contributed by atoms with Crippen LogP contribution in [0, 0.1) is 6.92 Å². The van der Waals surface area contributed by atoms with E-state index in [4.69, 9.17) is 0 Å². The lowest BCUT2D eigenvalue weighted by Gasteiger charge is -2.26. The van der Waals surface area contributed by atoms with Gasteiger partial charge >= 0.3 is 0 Å². The van der Waals surface area contributed by atoms with Crippen LogP contribution in [0.5, 0.6) is 0 Å². The highest BCUT2D eigenvalue weighted by molar-refractivity contribution is 5.80.